The smallest absolute Gasteiger partial charge is 0.133 e. The molecule has 0 aliphatic heterocycles. The van der Waals surface area contributed by atoms with Gasteiger partial charge >= 0.3 is 0 Å². The number of rotatable bonds is 2. The van der Waals surface area contributed by atoms with Gasteiger partial charge in [-0.25, -0.2) is 4.98 Å². The van der Waals surface area contributed by atoms with Crippen LogP contribution >= 0.6 is 0 Å². The number of H-pyrrole nitrogens is 1. The quantitative estimate of drug-likeness (QED) is 0.756. The molecule has 0 spiro atoms. The molecule has 2 aromatic rings. The molecule has 0 saturated carbocycles. The predicted molar refractivity (Wildman–Crippen MR) is 50.4 cm³/mol. The number of hydrogen-bond acceptors (Lipinski definition) is 2. The number of nitrogens with zero attached hydrogens (tertiary/aromatic N) is 1. The number of imidazole rings is 1. The Bertz CT molecular complexity index is 420. The number of aromatic nitrogens is 2. The van der Waals surface area contributed by atoms with Crippen LogP contribution in [0.25, 0.3) is 11.0 Å². The molecule has 1 heterocycles. The predicted octanol–water partition coefficient (Wildman–Crippen LogP) is 1.82. The van der Waals surface area contributed by atoms with Crippen molar-refractivity contribution in [1.82, 2.24) is 9.97 Å². The fraction of sp³-hybridized carbons (Fsp3) is 0.300. The van der Waals surface area contributed by atoms with E-state index in [1.807, 2.05) is 19.1 Å². The highest BCUT2D eigenvalue weighted by Gasteiger charge is 2.01. The summed E-state index contributed by atoms with van der Waals surface area (Å²) in [5.74, 6) is 0.858. The number of aromatic amines is 1. The van der Waals surface area contributed by atoms with Gasteiger partial charge in [-0.15, -0.1) is 0 Å². The number of aryl methyl sites for hydroxylation is 1. The lowest BCUT2D eigenvalue weighted by Crippen LogP contribution is -1.88. The molecule has 0 bridgehead atoms. The van der Waals surface area contributed by atoms with Gasteiger partial charge in [-0.1, -0.05) is 0 Å². The minimum Gasteiger partial charge on any atom is -0.377 e. The number of ether oxygens (including phenoxy) is 1. The van der Waals surface area contributed by atoms with Crippen LogP contribution in [0.3, 0.4) is 0 Å². The van der Waals surface area contributed by atoms with Crippen LogP contribution < -0.4 is 0 Å². The summed E-state index contributed by atoms with van der Waals surface area (Å²) in [4.78, 5) is 7.51. The summed E-state index contributed by atoms with van der Waals surface area (Å²) >= 11 is 0. The van der Waals surface area contributed by atoms with Crippen molar-refractivity contribution in [2.24, 2.45) is 0 Å². The van der Waals surface area contributed by atoms with E-state index in [0.29, 0.717) is 6.61 Å². The SMILES string of the molecule is COCc1nc2c[c]c(C)cc2[nH]1. The van der Waals surface area contributed by atoms with Gasteiger partial charge in [-0.05, 0) is 30.7 Å². The molecular formula is C10H11N2O. The van der Waals surface area contributed by atoms with Crippen LogP contribution in [0.15, 0.2) is 12.1 Å². The highest BCUT2D eigenvalue weighted by molar-refractivity contribution is 5.75. The summed E-state index contributed by atoms with van der Waals surface area (Å²) in [6.45, 7) is 2.53. The van der Waals surface area contributed by atoms with Gasteiger partial charge in [0.1, 0.15) is 12.4 Å². The van der Waals surface area contributed by atoms with Gasteiger partial charge in [0.2, 0.25) is 0 Å². The van der Waals surface area contributed by atoms with Gasteiger partial charge in [0.15, 0.2) is 0 Å². The molecule has 0 atom stereocenters. The van der Waals surface area contributed by atoms with Crippen LogP contribution in [-0.2, 0) is 11.3 Å². The van der Waals surface area contributed by atoms with E-state index in [1.165, 1.54) is 0 Å². The lowest BCUT2D eigenvalue weighted by atomic mass is 10.2. The minimum atomic E-state index is 0.522. The maximum atomic E-state index is 4.98. The first-order valence-electron chi connectivity index (χ1n) is 4.15. The molecule has 0 aliphatic rings. The lowest BCUT2D eigenvalue weighted by molar-refractivity contribution is 0.179. The summed E-state index contributed by atoms with van der Waals surface area (Å²) in [7, 11) is 1.66. The number of hydrogen-bond donors (Lipinski definition) is 1. The molecule has 0 fully saturated rings. The van der Waals surface area contributed by atoms with Gasteiger partial charge < -0.3 is 9.72 Å². The second-order valence-corrected chi connectivity index (χ2v) is 3.03. The van der Waals surface area contributed by atoms with Gasteiger partial charge in [0.25, 0.3) is 0 Å². The molecule has 0 aliphatic carbocycles. The van der Waals surface area contributed by atoms with Crippen molar-refractivity contribution in [2.75, 3.05) is 7.11 Å². The van der Waals surface area contributed by atoms with Crippen LogP contribution in [-0.4, -0.2) is 17.1 Å². The average Bonchev–Trinajstić information content (AvgIpc) is 2.46. The topological polar surface area (TPSA) is 37.9 Å². The standard InChI is InChI=1S/C10H11N2O/c1-7-3-4-8-9(5-7)12-10(11-8)6-13-2/h4-5H,6H2,1-2H3,(H,11,12). The molecule has 67 valence electrons. The summed E-state index contributed by atoms with van der Waals surface area (Å²) in [6.07, 6.45) is 0. The third kappa shape index (κ3) is 1.55. The van der Waals surface area contributed by atoms with Crippen LogP contribution in [0.2, 0.25) is 0 Å². The summed E-state index contributed by atoms with van der Waals surface area (Å²) in [5.41, 5.74) is 3.10. The molecule has 0 unspecified atom stereocenters. The Balaban J connectivity index is 2.49. The Hall–Kier alpha value is -1.35. The zero-order valence-electron chi connectivity index (χ0n) is 7.72. The maximum absolute atomic E-state index is 4.98. The Labute approximate surface area is 76.8 Å². The van der Waals surface area contributed by atoms with E-state index in [4.69, 9.17) is 4.74 Å². The summed E-state index contributed by atoms with van der Waals surface area (Å²) in [6, 6.07) is 7.02. The Morgan fingerprint density at radius 3 is 3.23 bits per heavy atom. The Kier molecular flexibility index (Phi) is 2.02. The van der Waals surface area contributed by atoms with E-state index in [2.05, 4.69) is 16.0 Å². The molecule has 0 amide bonds. The zero-order valence-corrected chi connectivity index (χ0v) is 7.72. The lowest BCUT2D eigenvalue weighted by Gasteiger charge is -1.90. The number of methoxy groups -OCH3 is 1. The first-order chi connectivity index (χ1) is 6.29. The molecule has 1 N–H and O–H groups in total. The van der Waals surface area contributed by atoms with Crippen LogP contribution in [0, 0.1) is 13.0 Å². The van der Waals surface area contributed by atoms with Crippen molar-refractivity contribution < 1.29 is 4.74 Å². The molecule has 0 saturated heterocycles. The first-order valence-corrected chi connectivity index (χ1v) is 4.15. The highest BCUT2D eigenvalue weighted by atomic mass is 16.5. The van der Waals surface area contributed by atoms with E-state index >= 15 is 0 Å². The summed E-state index contributed by atoms with van der Waals surface area (Å²) < 4.78 is 4.98. The fourth-order valence-electron chi connectivity index (χ4n) is 1.32. The average molecular weight is 175 g/mol. The Morgan fingerprint density at radius 1 is 1.62 bits per heavy atom. The second kappa shape index (κ2) is 3.18. The first kappa shape index (κ1) is 8.26. The Morgan fingerprint density at radius 2 is 2.46 bits per heavy atom. The third-order valence-electron chi connectivity index (χ3n) is 1.89. The van der Waals surface area contributed by atoms with E-state index in [1.54, 1.807) is 7.11 Å². The largest absolute Gasteiger partial charge is 0.377 e. The zero-order chi connectivity index (χ0) is 9.26. The molecule has 13 heavy (non-hydrogen) atoms. The second-order valence-electron chi connectivity index (χ2n) is 3.03. The molecule has 3 heteroatoms. The van der Waals surface area contributed by atoms with Gasteiger partial charge in [-0.2, -0.15) is 0 Å². The fourth-order valence-corrected chi connectivity index (χ4v) is 1.32. The molecule has 1 radical (unpaired) electrons. The van der Waals surface area contributed by atoms with Crippen LogP contribution in [0.4, 0.5) is 0 Å². The normalized spacial score (nSPS) is 10.9. The monoisotopic (exact) mass is 175 g/mol. The molecule has 3 nitrogen and oxygen atoms in total. The molecule has 1 aromatic heterocycles. The van der Waals surface area contributed by atoms with Gasteiger partial charge in [0, 0.05) is 7.11 Å². The highest BCUT2D eigenvalue weighted by Crippen LogP contribution is 2.12. The van der Waals surface area contributed by atoms with E-state index in [0.717, 1.165) is 22.4 Å². The minimum absolute atomic E-state index is 0.522. The van der Waals surface area contributed by atoms with E-state index in [-0.39, 0.29) is 0 Å². The third-order valence-corrected chi connectivity index (χ3v) is 1.89. The molecular weight excluding hydrogens is 164 g/mol. The van der Waals surface area contributed by atoms with Crippen molar-refractivity contribution in [1.29, 1.82) is 0 Å². The molecule has 1 aromatic carbocycles. The van der Waals surface area contributed by atoms with Crippen LogP contribution in [0.1, 0.15) is 11.4 Å². The maximum Gasteiger partial charge on any atom is 0.133 e. The summed E-state index contributed by atoms with van der Waals surface area (Å²) in [5, 5.41) is 0. The number of fused-ring (bicyclic) bond motifs is 1. The van der Waals surface area contributed by atoms with E-state index < -0.39 is 0 Å². The van der Waals surface area contributed by atoms with Crippen molar-refractivity contribution in [3.63, 3.8) is 0 Å². The number of benzene rings is 1. The van der Waals surface area contributed by atoms with Crippen molar-refractivity contribution in [3.8, 4) is 0 Å². The van der Waals surface area contributed by atoms with Crippen LogP contribution in [0.5, 0.6) is 0 Å². The van der Waals surface area contributed by atoms with Gasteiger partial charge in [-0.3, -0.25) is 0 Å². The van der Waals surface area contributed by atoms with Crippen molar-refractivity contribution >= 4 is 11.0 Å². The van der Waals surface area contributed by atoms with E-state index in [9.17, 15) is 0 Å². The van der Waals surface area contributed by atoms with Crippen molar-refractivity contribution in [2.45, 2.75) is 13.5 Å². The number of nitrogens with one attached hydrogen (secondary N) is 1. The molecule has 2 rings (SSSR count). The van der Waals surface area contributed by atoms with Crippen molar-refractivity contribution in [3.05, 3.63) is 29.6 Å². The van der Waals surface area contributed by atoms with Gasteiger partial charge in [0.05, 0.1) is 11.0 Å².